The Balaban J connectivity index is 1.75. The van der Waals surface area contributed by atoms with Gasteiger partial charge in [0.05, 0.1) is 13.1 Å². The van der Waals surface area contributed by atoms with E-state index in [0.29, 0.717) is 19.6 Å². The van der Waals surface area contributed by atoms with Crippen molar-refractivity contribution < 1.29 is 9.53 Å². The van der Waals surface area contributed by atoms with Crippen LogP contribution in [-0.2, 0) is 4.79 Å². The summed E-state index contributed by atoms with van der Waals surface area (Å²) in [6.45, 7) is 6.46. The Kier molecular flexibility index (Phi) is 8.09. The van der Waals surface area contributed by atoms with Crippen LogP contribution in [0.15, 0.2) is 35.3 Å². The number of amides is 1. The summed E-state index contributed by atoms with van der Waals surface area (Å²) in [6, 6.07) is 9.79. The van der Waals surface area contributed by atoms with E-state index in [-0.39, 0.29) is 5.91 Å². The number of hydrogen-bond acceptors (Lipinski definition) is 3. The maximum Gasteiger partial charge on any atom is 0.224 e. The summed E-state index contributed by atoms with van der Waals surface area (Å²) < 4.78 is 5.73. The number of carbonyl (C=O) groups is 1. The molecule has 6 nitrogen and oxygen atoms in total. The SMILES string of the molecule is CCNC(=NCCC(=O)N1CCCC1)N(C)CCOc1ccccc1. The lowest BCUT2D eigenvalue weighted by Crippen LogP contribution is -2.41. The number of carbonyl (C=O) groups excluding carboxylic acids is 1. The van der Waals surface area contributed by atoms with Crippen LogP contribution in [0.25, 0.3) is 0 Å². The van der Waals surface area contributed by atoms with E-state index in [2.05, 4.69) is 10.3 Å². The van der Waals surface area contributed by atoms with Crippen LogP contribution < -0.4 is 10.1 Å². The minimum atomic E-state index is 0.215. The van der Waals surface area contributed by atoms with E-state index in [0.717, 1.165) is 50.7 Å². The molecule has 1 aliphatic rings. The van der Waals surface area contributed by atoms with Crippen LogP contribution in [0.4, 0.5) is 0 Å². The molecule has 1 N–H and O–H groups in total. The number of para-hydroxylation sites is 1. The molecule has 0 unspecified atom stereocenters. The number of likely N-dealkylation sites (tertiary alicyclic amines) is 1. The number of ether oxygens (including phenoxy) is 1. The van der Waals surface area contributed by atoms with E-state index in [9.17, 15) is 4.79 Å². The van der Waals surface area contributed by atoms with Crippen LogP contribution in [0.1, 0.15) is 26.2 Å². The fourth-order valence-corrected chi connectivity index (χ4v) is 2.77. The van der Waals surface area contributed by atoms with Crippen molar-refractivity contribution in [3.8, 4) is 5.75 Å². The molecular weight excluding hydrogens is 316 g/mol. The third-order valence-corrected chi connectivity index (χ3v) is 4.18. The average Bonchev–Trinajstić information content (AvgIpc) is 3.16. The van der Waals surface area contributed by atoms with E-state index in [1.807, 2.05) is 54.1 Å². The summed E-state index contributed by atoms with van der Waals surface area (Å²) in [5.41, 5.74) is 0. The van der Waals surface area contributed by atoms with Gasteiger partial charge in [-0.15, -0.1) is 0 Å². The molecule has 2 rings (SSSR count). The topological polar surface area (TPSA) is 57.2 Å². The summed E-state index contributed by atoms with van der Waals surface area (Å²) in [5.74, 6) is 1.90. The Morgan fingerprint density at radius 3 is 2.68 bits per heavy atom. The summed E-state index contributed by atoms with van der Waals surface area (Å²) in [4.78, 5) is 20.6. The Morgan fingerprint density at radius 1 is 1.28 bits per heavy atom. The minimum Gasteiger partial charge on any atom is -0.492 e. The molecule has 0 bridgehead atoms. The van der Waals surface area contributed by atoms with Crippen molar-refractivity contribution in [3.05, 3.63) is 30.3 Å². The van der Waals surface area contributed by atoms with E-state index in [4.69, 9.17) is 4.74 Å². The van der Waals surface area contributed by atoms with E-state index in [1.54, 1.807) is 0 Å². The van der Waals surface area contributed by atoms with Gasteiger partial charge in [-0.1, -0.05) is 18.2 Å². The van der Waals surface area contributed by atoms with Crippen molar-refractivity contribution in [2.75, 3.05) is 46.4 Å². The molecule has 1 heterocycles. The van der Waals surface area contributed by atoms with Crippen LogP contribution in [0.5, 0.6) is 5.75 Å². The fourth-order valence-electron chi connectivity index (χ4n) is 2.77. The molecule has 1 aromatic rings. The van der Waals surface area contributed by atoms with Crippen molar-refractivity contribution in [2.45, 2.75) is 26.2 Å². The van der Waals surface area contributed by atoms with Gasteiger partial charge < -0.3 is 19.9 Å². The first-order chi connectivity index (χ1) is 12.2. The predicted octanol–water partition coefficient (Wildman–Crippen LogP) is 1.98. The van der Waals surface area contributed by atoms with Crippen LogP contribution in [-0.4, -0.2) is 68.0 Å². The van der Waals surface area contributed by atoms with E-state index >= 15 is 0 Å². The summed E-state index contributed by atoms with van der Waals surface area (Å²) in [5, 5.41) is 3.27. The molecule has 0 aliphatic carbocycles. The second-order valence-electron chi connectivity index (χ2n) is 6.16. The lowest BCUT2D eigenvalue weighted by Gasteiger charge is -2.22. The number of nitrogens with one attached hydrogen (secondary N) is 1. The molecule has 138 valence electrons. The fraction of sp³-hybridized carbons (Fsp3) is 0.579. The second kappa shape index (κ2) is 10.6. The number of hydrogen-bond donors (Lipinski definition) is 1. The first-order valence-corrected chi connectivity index (χ1v) is 9.15. The molecule has 1 amide bonds. The highest BCUT2D eigenvalue weighted by Gasteiger charge is 2.17. The zero-order chi connectivity index (χ0) is 17.9. The second-order valence-corrected chi connectivity index (χ2v) is 6.16. The van der Waals surface area contributed by atoms with Gasteiger partial charge in [0, 0.05) is 33.1 Å². The van der Waals surface area contributed by atoms with Gasteiger partial charge in [-0.25, -0.2) is 0 Å². The molecule has 1 fully saturated rings. The molecule has 0 atom stereocenters. The van der Waals surface area contributed by atoms with Crippen molar-refractivity contribution in [2.24, 2.45) is 4.99 Å². The van der Waals surface area contributed by atoms with E-state index < -0.39 is 0 Å². The Labute approximate surface area is 150 Å². The molecule has 1 aliphatic heterocycles. The summed E-state index contributed by atoms with van der Waals surface area (Å²) >= 11 is 0. The molecule has 0 spiro atoms. The molecule has 1 aromatic carbocycles. The zero-order valence-corrected chi connectivity index (χ0v) is 15.4. The molecule has 25 heavy (non-hydrogen) atoms. The maximum atomic E-state index is 12.1. The third-order valence-electron chi connectivity index (χ3n) is 4.18. The lowest BCUT2D eigenvalue weighted by atomic mass is 10.3. The van der Waals surface area contributed by atoms with Crippen LogP contribution in [0, 0.1) is 0 Å². The summed E-state index contributed by atoms with van der Waals surface area (Å²) in [7, 11) is 1.98. The highest BCUT2D eigenvalue weighted by Crippen LogP contribution is 2.09. The van der Waals surface area contributed by atoms with Gasteiger partial charge in [0.15, 0.2) is 5.96 Å². The average molecular weight is 346 g/mol. The standard InChI is InChI=1S/C19H30N4O2/c1-3-20-19(21-12-11-18(24)23-13-7-8-14-23)22(2)15-16-25-17-9-5-4-6-10-17/h4-6,9-10H,3,7-8,11-16H2,1-2H3,(H,20,21). The largest absolute Gasteiger partial charge is 0.492 e. The third kappa shape index (κ3) is 6.64. The predicted molar refractivity (Wildman–Crippen MR) is 101 cm³/mol. The molecule has 1 saturated heterocycles. The molecule has 6 heteroatoms. The Morgan fingerprint density at radius 2 is 2.00 bits per heavy atom. The summed E-state index contributed by atoms with van der Waals surface area (Å²) in [6.07, 6.45) is 2.73. The highest BCUT2D eigenvalue weighted by molar-refractivity contribution is 5.80. The van der Waals surface area contributed by atoms with Gasteiger partial charge in [0.25, 0.3) is 0 Å². The van der Waals surface area contributed by atoms with Crippen molar-refractivity contribution >= 4 is 11.9 Å². The smallest absolute Gasteiger partial charge is 0.224 e. The first kappa shape index (κ1) is 19.1. The monoisotopic (exact) mass is 346 g/mol. The highest BCUT2D eigenvalue weighted by atomic mass is 16.5. The maximum absolute atomic E-state index is 12.1. The van der Waals surface area contributed by atoms with E-state index in [1.165, 1.54) is 0 Å². The Bertz CT molecular complexity index is 542. The number of aliphatic imine (C=N–C) groups is 1. The van der Waals surface area contributed by atoms with Gasteiger partial charge in [-0.05, 0) is 31.9 Å². The van der Waals surface area contributed by atoms with Gasteiger partial charge in [-0.3, -0.25) is 9.79 Å². The zero-order valence-electron chi connectivity index (χ0n) is 15.4. The van der Waals surface area contributed by atoms with Crippen molar-refractivity contribution in [1.82, 2.24) is 15.1 Å². The normalized spacial score (nSPS) is 14.5. The lowest BCUT2D eigenvalue weighted by molar-refractivity contribution is -0.129. The molecular formula is C19H30N4O2. The van der Waals surface area contributed by atoms with Crippen LogP contribution >= 0.6 is 0 Å². The Hall–Kier alpha value is -2.24. The van der Waals surface area contributed by atoms with Gasteiger partial charge in [-0.2, -0.15) is 0 Å². The first-order valence-electron chi connectivity index (χ1n) is 9.15. The minimum absolute atomic E-state index is 0.215. The molecule has 0 saturated carbocycles. The number of guanidine groups is 1. The number of benzene rings is 1. The van der Waals surface area contributed by atoms with Gasteiger partial charge in [0.1, 0.15) is 12.4 Å². The van der Waals surface area contributed by atoms with Crippen molar-refractivity contribution in [3.63, 3.8) is 0 Å². The van der Waals surface area contributed by atoms with Gasteiger partial charge in [0.2, 0.25) is 5.91 Å². The molecule has 0 radical (unpaired) electrons. The number of rotatable bonds is 8. The van der Waals surface area contributed by atoms with Gasteiger partial charge >= 0.3 is 0 Å². The number of nitrogens with zero attached hydrogens (tertiary/aromatic N) is 3. The number of likely N-dealkylation sites (N-methyl/N-ethyl adjacent to an activating group) is 1. The molecule has 0 aromatic heterocycles. The quantitative estimate of drug-likeness (QED) is 0.578. The van der Waals surface area contributed by atoms with Crippen LogP contribution in [0.3, 0.4) is 0 Å². The van der Waals surface area contributed by atoms with Crippen LogP contribution in [0.2, 0.25) is 0 Å². The van der Waals surface area contributed by atoms with Crippen molar-refractivity contribution in [1.29, 1.82) is 0 Å².